The SMILES string of the molecule is N[C@H](C(=O)O)[C@H](OCc1cccc(NC(=O)c2ccccc2C(F)(F)F)c1)C(=O)O. The number of amides is 1. The average molecular weight is 426 g/mol. The van der Waals surface area contributed by atoms with Crippen LogP contribution in [0.1, 0.15) is 21.5 Å². The lowest BCUT2D eigenvalue weighted by molar-refractivity contribution is -0.159. The van der Waals surface area contributed by atoms with E-state index in [1.807, 2.05) is 0 Å². The largest absolute Gasteiger partial charge is 0.480 e. The molecule has 0 spiro atoms. The maximum absolute atomic E-state index is 13.1. The number of nitrogens with one attached hydrogen (secondary N) is 1. The molecule has 0 saturated heterocycles. The van der Waals surface area contributed by atoms with E-state index in [9.17, 15) is 27.6 Å². The molecule has 160 valence electrons. The van der Waals surface area contributed by atoms with Crippen molar-refractivity contribution < 1.29 is 42.5 Å². The fourth-order valence-corrected chi connectivity index (χ4v) is 2.51. The Bertz CT molecular complexity index is 948. The molecule has 2 aromatic carbocycles. The molecule has 2 atom stereocenters. The van der Waals surface area contributed by atoms with Crippen LogP contribution >= 0.6 is 0 Å². The van der Waals surface area contributed by atoms with Crippen LogP contribution in [0.2, 0.25) is 0 Å². The van der Waals surface area contributed by atoms with Crippen LogP contribution in [0.4, 0.5) is 18.9 Å². The Morgan fingerprint density at radius 1 is 1.03 bits per heavy atom. The summed E-state index contributed by atoms with van der Waals surface area (Å²) in [4.78, 5) is 34.3. The Hall–Kier alpha value is -3.44. The summed E-state index contributed by atoms with van der Waals surface area (Å²) in [5, 5.41) is 20.2. The second-order valence-corrected chi connectivity index (χ2v) is 6.13. The van der Waals surface area contributed by atoms with Crippen molar-refractivity contribution in [3.8, 4) is 0 Å². The van der Waals surface area contributed by atoms with Crippen molar-refractivity contribution in [2.75, 3.05) is 5.32 Å². The third kappa shape index (κ3) is 5.78. The molecule has 0 aliphatic rings. The van der Waals surface area contributed by atoms with Gasteiger partial charge in [-0.05, 0) is 29.8 Å². The zero-order chi connectivity index (χ0) is 22.5. The van der Waals surface area contributed by atoms with Crippen molar-refractivity contribution >= 4 is 23.5 Å². The van der Waals surface area contributed by atoms with Gasteiger partial charge in [0.15, 0.2) is 6.10 Å². The normalized spacial score (nSPS) is 13.3. The minimum atomic E-state index is -4.71. The smallest absolute Gasteiger partial charge is 0.417 e. The number of rotatable bonds is 8. The fraction of sp³-hybridized carbons (Fsp3) is 0.211. The summed E-state index contributed by atoms with van der Waals surface area (Å²) in [6, 6.07) is 8.19. The molecule has 2 aromatic rings. The summed E-state index contributed by atoms with van der Waals surface area (Å²) in [7, 11) is 0. The van der Waals surface area contributed by atoms with Crippen LogP contribution in [0.25, 0.3) is 0 Å². The first-order valence-electron chi connectivity index (χ1n) is 8.40. The van der Waals surface area contributed by atoms with Crippen LogP contribution < -0.4 is 11.1 Å². The van der Waals surface area contributed by atoms with Gasteiger partial charge >= 0.3 is 18.1 Å². The van der Waals surface area contributed by atoms with Crippen molar-refractivity contribution in [3.05, 3.63) is 65.2 Å². The second-order valence-electron chi connectivity index (χ2n) is 6.13. The van der Waals surface area contributed by atoms with E-state index in [1.54, 1.807) is 0 Å². The lowest BCUT2D eigenvalue weighted by Gasteiger charge is -2.17. The van der Waals surface area contributed by atoms with Gasteiger partial charge in [-0.15, -0.1) is 0 Å². The monoisotopic (exact) mass is 426 g/mol. The lowest BCUT2D eigenvalue weighted by atomic mass is 10.1. The predicted octanol–water partition coefficient (Wildman–Crippen LogP) is 2.34. The highest BCUT2D eigenvalue weighted by Gasteiger charge is 2.35. The third-order valence-corrected chi connectivity index (χ3v) is 3.95. The Balaban J connectivity index is 2.14. The van der Waals surface area contributed by atoms with Gasteiger partial charge in [-0.1, -0.05) is 24.3 Å². The first-order chi connectivity index (χ1) is 14.0. The second kappa shape index (κ2) is 9.37. The molecule has 0 aliphatic heterocycles. The molecule has 0 fully saturated rings. The zero-order valence-corrected chi connectivity index (χ0v) is 15.2. The third-order valence-electron chi connectivity index (χ3n) is 3.95. The van der Waals surface area contributed by atoms with E-state index < -0.39 is 47.3 Å². The van der Waals surface area contributed by atoms with Crippen molar-refractivity contribution in [2.24, 2.45) is 5.73 Å². The maximum atomic E-state index is 13.1. The minimum absolute atomic E-state index is 0.132. The lowest BCUT2D eigenvalue weighted by Crippen LogP contribution is -2.47. The van der Waals surface area contributed by atoms with Gasteiger partial charge in [-0.2, -0.15) is 13.2 Å². The summed E-state index contributed by atoms with van der Waals surface area (Å²) in [6.45, 7) is -0.360. The number of anilines is 1. The highest BCUT2D eigenvalue weighted by molar-refractivity contribution is 6.05. The summed E-state index contributed by atoms with van der Waals surface area (Å²) >= 11 is 0. The van der Waals surface area contributed by atoms with Gasteiger partial charge in [0, 0.05) is 5.69 Å². The fourth-order valence-electron chi connectivity index (χ4n) is 2.51. The Labute approximate surface area is 168 Å². The molecule has 0 aromatic heterocycles. The Kier molecular flexibility index (Phi) is 7.14. The molecule has 0 heterocycles. The standard InChI is InChI=1S/C19H17F3N2O6/c20-19(21,22)13-7-2-1-6-12(13)16(25)24-11-5-3-4-10(8-11)9-30-15(18(28)29)14(23)17(26)27/h1-8,14-15H,9,23H2,(H,24,25)(H,26,27)(H,28,29)/t14-,15-/m0/s1. The number of alkyl halides is 3. The average Bonchev–Trinajstić information content (AvgIpc) is 2.67. The summed E-state index contributed by atoms with van der Waals surface area (Å²) in [6.07, 6.45) is -6.53. The van der Waals surface area contributed by atoms with E-state index in [0.29, 0.717) is 5.56 Å². The van der Waals surface area contributed by atoms with Crippen molar-refractivity contribution in [3.63, 3.8) is 0 Å². The molecular formula is C19H17F3N2O6. The number of ether oxygens (including phenoxy) is 1. The van der Waals surface area contributed by atoms with Gasteiger partial charge in [-0.25, -0.2) is 4.79 Å². The van der Waals surface area contributed by atoms with E-state index in [1.165, 1.54) is 30.3 Å². The van der Waals surface area contributed by atoms with Gasteiger partial charge in [0.05, 0.1) is 17.7 Å². The quantitative estimate of drug-likeness (QED) is 0.508. The van der Waals surface area contributed by atoms with Gasteiger partial charge in [0.25, 0.3) is 5.91 Å². The predicted molar refractivity (Wildman–Crippen MR) is 97.7 cm³/mol. The van der Waals surface area contributed by atoms with Gasteiger partial charge < -0.3 is 26.0 Å². The van der Waals surface area contributed by atoms with E-state index in [4.69, 9.17) is 20.7 Å². The van der Waals surface area contributed by atoms with Crippen LogP contribution in [-0.2, 0) is 27.1 Å². The molecule has 0 saturated carbocycles. The number of carboxylic acids is 2. The highest BCUT2D eigenvalue weighted by Crippen LogP contribution is 2.32. The summed E-state index contributed by atoms with van der Waals surface area (Å²) in [5.74, 6) is -4.12. The number of carbonyl (C=O) groups excluding carboxylic acids is 1. The number of aliphatic carboxylic acids is 2. The van der Waals surface area contributed by atoms with Crippen LogP contribution in [0.5, 0.6) is 0 Å². The molecule has 30 heavy (non-hydrogen) atoms. The maximum Gasteiger partial charge on any atom is 0.417 e. The molecule has 11 heteroatoms. The molecular weight excluding hydrogens is 409 g/mol. The van der Waals surface area contributed by atoms with E-state index in [0.717, 1.165) is 18.2 Å². The van der Waals surface area contributed by atoms with Crippen molar-refractivity contribution in [1.82, 2.24) is 0 Å². The van der Waals surface area contributed by atoms with Crippen LogP contribution in [0.3, 0.4) is 0 Å². The molecule has 0 aliphatic carbocycles. The molecule has 0 bridgehead atoms. The first kappa shape index (κ1) is 22.8. The summed E-state index contributed by atoms with van der Waals surface area (Å²) in [5.41, 5.74) is 4.09. The van der Waals surface area contributed by atoms with E-state index in [-0.39, 0.29) is 12.3 Å². The highest BCUT2D eigenvalue weighted by atomic mass is 19.4. The van der Waals surface area contributed by atoms with E-state index in [2.05, 4.69) is 5.32 Å². The number of carbonyl (C=O) groups is 3. The number of benzene rings is 2. The summed E-state index contributed by atoms with van der Waals surface area (Å²) < 4.78 is 44.3. The zero-order valence-electron chi connectivity index (χ0n) is 15.2. The molecule has 1 amide bonds. The number of halogens is 3. The Morgan fingerprint density at radius 3 is 2.30 bits per heavy atom. The van der Waals surface area contributed by atoms with Crippen LogP contribution in [0, 0.1) is 0 Å². The molecule has 2 rings (SSSR count). The van der Waals surface area contributed by atoms with Crippen molar-refractivity contribution in [1.29, 1.82) is 0 Å². The van der Waals surface area contributed by atoms with Gasteiger partial charge in [0.1, 0.15) is 6.04 Å². The van der Waals surface area contributed by atoms with Gasteiger partial charge in [-0.3, -0.25) is 9.59 Å². The molecule has 8 nitrogen and oxygen atoms in total. The number of nitrogens with two attached hydrogens (primary N) is 1. The number of hydrogen-bond acceptors (Lipinski definition) is 5. The first-order valence-corrected chi connectivity index (χ1v) is 8.40. The molecule has 5 N–H and O–H groups in total. The Morgan fingerprint density at radius 2 is 1.70 bits per heavy atom. The topological polar surface area (TPSA) is 139 Å². The molecule has 0 unspecified atom stereocenters. The molecule has 0 radical (unpaired) electrons. The number of carboxylic acid groups (broad SMARTS) is 2. The van der Waals surface area contributed by atoms with Crippen LogP contribution in [0.15, 0.2) is 48.5 Å². The van der Waals surface area contributed by atoms with Crippen molar-refractivity contribution in [2.45, 2.75) is 24.9 Å². The van der Waals surface area contributed by atoms with Gasteiger partial charge in [0.2, 0.25) is 0 Å². The van der Waals surface area contributed by atoms with E-state index >= 15 is 0 Å². The number of hydrogen-bond donors (Lipinski definition) is 4. The van der Waals surface area contributed by atoms with Crippen LogP contribution in [-0.4, -0.2) is 40.2 Å². The minimum Gasteiger partial charge on any atom is -0.480 e.